The summed E-state index contributed by atoms with van der Waals surface area (Å²) in [6.45, 7) is 1.18. The number of nitrogens with zero attached hydrogens (tertiary/aromatic N) is 2. The molecule has 1 atom stereocenters. The average molecular weight is 387 g/mol. The molecule has 0 aromatic heterocycles. The Morgan fingerprint density at radius 3 is 2.56 bits per heavy atom. The van der Waals surface area contributed by atoms with E-state index in [1.807, 2.05) is 0 Å². The quantitative estimate of drug-likeness (QED) is 0.747. The standard InChI is InChI=1S/C17H20ClFN2O3S/c18-15-12-14(5-6-16(15)19)25(23,24)21-9-7-20(8-10-21)17(22)11-13-3-1-2-4-13/h1,3,5-6,12-13H,2,4,7-11H2. The van der Waals surface area contributed by atoms with Crippen LogP contribution in [-0.2, 0) is 14.8 Å². The van der Waals surface area contributed by atoms with E-state index in [4.69, 9.17) is 11.6 Å². The van der Waals surface area contributed by atoms with Crippen LogP contribution in [0.1, 0.15) is 19.3 Å². The third kappa shape index (κ3) is 4.04. The number of allylic oxidation sites excluding steroid dienone is 2. The second-order valence-electron chi connectivity index (χ2n) is 6.33. The molecule has 0 saturated carbocycles. The molecule has 1 saturated heterocycles. The van der Waals surface area contributed by atoms with E-state index in [-0.39, 0.29) is 28.9 Å². The number of amides is 1. The normalized spacial score (nSPS) is 21.7. The maximum absolute atomic E-state index is 13.2. The van der Waals surface area contributed by atoms with Crippen molar-refractivity contribution in [1.29, 1.82) is 0 Å². The van der Waals surface area contributed by atoms with Crippen molar-refractivity contribution in [2.45, 2.75) is 24.2 Å². The van der Waals surface area contributed by atoms with Gasteiger partial charge in [-0.15, -0.1) is 0 Å². The number of rotatable bonds is 4. The van der Waals surface area contributed by atoms with E-state index in [2.05, 4.69) is 12.2 Å². The minimum Gasteiger partial charge on any atom is -0.340 e. The molecule has 1 amide bonds. The lowest BCUT2D eigenvalue weighted by Crippen LogP contribution is -2.50. The van der Waals surface area contributed by atoms with Crippen molar-refractivity contribution < 1.29 is 17.6 Å². The molecule has 8 heteroatoms. The summed E-state index contributed by atoms with van der Waals surface area (Å²) in [4.78, 5) is 14.0. The van der Waals surface area contributed by atoms with Gasteiger partial charge in [0.15, 0.2) is 0 Å². The van der Waals surface area contributed by atoms with E-state index < -0.39 is 15.8 Å². The van der Waals surface area contributed by atoms with E-state index in [0.29, 0.717) is 25.4 Å². The molecule has 1 aromatic carbocycles. The van der Waals surface area contributed by atoms with Crippen LogP contribution in [-0.4, -0.2) is 49.7 Å². The highest BCUT2D eigenvalue weighted by atomic mass is 35.5. The topological polar surface area (TPSA) is 57.7 Å². The van der Waals surface area contributed by atoms with Crippen LogP contribution in [0, 0.1) is 11.7 Å². The summed E-state index contributed by atoms with van der Waals surface area (Å²) >= 11 is 5.69. The molecule has 1 fully saturated rings. The second-order valence-corrected chi connectivity index (χ2v) is 8.68. The zero-order valence-electron chi connectivity index (χ0n) is 13.7. The summed E-state index contributed by atoms with van der Waals surface area (Å²) in [5.41, 5.74) is 0. The van der Waals surface area contributed by atoms with Crippen molar-refractivity contribution in [3.05, 3.63) is 41.2 Å². The molecule has 136 valence electrons. The van der Waals surface area contributed by atoms with Gasteiger partial charge in [-0.1, -0.05) is 23.8 Å². The zero-order chi connectivity index (χ0) is 18.0. The Hall–Kier alpha value is -1.44. The Morgan fingerprint density at radius 2 is 1.96 bits per heavy atom. The van der Waals surface area contributed by atoms with E-state index in [9.17, 15) is 17.6 Å². The van der Waals surface area contributed by atoms with Gasteiger partial charge in [-0.05, 0) is 37.0 Å². The molecule has 0 radical (unpaired) electrons. The third-order valence-electron chi connectivity index (χ3n) is 4.67. The van der Waals surface area contributed by atoms with Gasteiger partial charge in [-0.2, -0.15) is 4.31 Å². The summed E-state index contributed by atoms with van der Waals surface area (Å²) in [5, 5.41) is -0.223. The third-order valence-corrected chi connectivity index (χ3v) is 6.85. The molecule has 1 aliphatic carbocycles. The van der Waals surface area contributed by atoms with Crippen molar-refractivity contribution in [3.8, 4) is 0 Å². The molecule has 0 bridgehead atoms. The molecule has 1 aliphatic heterocycles. The van der Waals surface area contributed by atoms with E-state index >= 15 is 0 Å². The van der Waals surface area contributed by atoms with Crippen LogP contribution in [0.25, 0.3) is 0 Å². The fourth-order valence-corrected chi connectivity index (χ4v) is 4.88. The molecule has 3 rings (SSSR count). The Labute approximate surface area is 152 Å². The molecule has 1 unspecified atom stereocenters. The Kier molecular flexibility index (Phi) is 5.46. The van der Waals surface area contributed by atoms with Crippen molar-refractivity contribution in [2.75, 3.05) is 26.2 Å². The van der Waals surface area contributed by atoms with Crippen LogP contribution in [0.15, 0.2) is 35.2 Å². The zero-order valence-corrected chi connectivity index (χ0v) is 15.3. The van der Waals surface area contributed by atoms with Gasteiger partial charge < -0.3 is 4.90 Å². The van der Waals surface area contributed by atoms with Crippen LogP contribution in [0.4, 0.5) is 4.39 Å². The molecular weight excluding hydrogens is 367 g/mol. The van der Waals surface area contributed by atoms with Crippen molar-refractivity contribution in [3.63, 3.8) is 0 Å². The molecular formula is C17H20ClFN2O3S. The molecule has 5 nitrogen and oxygen atoms in total. The highest BCUT2D eigenvalue weighted by Gasteiger charge is 2.31. The van der Waals surface area contributed by atoms with Crippen LogP contribution >= 0.6 is 11.6 Å². The SMILES string of the molecule is O=C(CC1C=CCC1)N1CCN(S(=O)(=O)c2ccc(F)c(Cl)c2)CC1. The van der Waals surface area contributed by atoms with Gasteiger partial charge in [0.25, 0.3) is 0 Å². The summed E-state index contributed by atoms with van der Waals surface area (Å²) in [6, 6.07) is 3.38. The fourth-order valence-electron chi connectivity index (χ4n) is 3.18. The molecule has 0 spiro atoms. The fraction of sp³-hybridized carbons (Fsp3) is 0.471. The Bertz CT molecular complexity index is 789. The van der Waals surface area contributed by atoms with Crippen LogP contribution in [0.2, 0.25) is 5.02 Å². The van der Waals surface area contributed by atoms with Gasteiger partial charge in [-0.3, -0.25) is 4.79 Å². The predicted octanol–water partition coefficient (Wildman–Crippen LogP) is 2.67. The van der Waals surface area contributed by atoms with Gasteiger partial charge in [0, 0.05) is 32.6 Å². The second kappa shape index (κ2) is 7.43. The Balaban J connectivity index is 1.61. The number of carbonyl (C=O) groups is 1. The van der Waals surface area contributed by atoms with Crippen LogP contribution in [0.5, 0.6) is 0 Å². The van der Waals surface area contributed by atoms with Crippen LogP contribution < -0.4 is 0 Å². The van der Waals surface area contributed by atoms with Gasteiger partial charge in [0.2, 0.25) is 15.9 Å². The number of hydrogen-bond donors (Lipinski definition) is 0. The molecule has 1 aromatic rings. The first-order chi connectivity index (χ1) is 11.9. The van der Waals surface area contributed by atoms with Gasteiger partial charge >= 0.3 is 0 Å². The molecule has 2 aliphatic rings. The van der Waals surface area contributed by atoms with E-state index in [0.717, 1.165) is 25.0 Å². The first kappa shape index (κ1) is 18.4. The number of sulfonamides is 1. The molecule has 25 heavy (non-hydrogen) atoms. The van der Waals surface area contributed by atoms with Gasteiger partial charge in [-0.25, -0.2) is 12.8 Å². The maximum Gasteiger partial charge on any atom is 0.243 e. The monoisotopic (exact) mass is 386 g/mol. The number of piperazine rings is 1. The summed E-state index contributed by atoms with van der Waals surface area (Å²) in [5.74, 6) is -0.286. The number of hydrogen-bond acceptors (Lipinski definition) is 3. The number of benzene rings is 1. The number of halogens is 2. The first-order valence-corrected chi connectivity index (χ1v) is 10.1. The largest absolute Gasteiger partial charge is 0.340 e. The minimum atomic E-state index is -3.74. The van der Waals surface area contributed by atoms with Gasteiger partial charge in [0.1, 0.15) is 5.82 Å². The van der Waals surface area contributed by atoms with Crippen molar-refractivity contribution in [2.24, 2.45) is 5.92 Å². The van der Waals surface area contributed by atoms with E-state index in [1.165, 1.54) is 10.4 Å². The smallest absolute Gasteiger partial charge is 0.243 e. The lowest BCUT2D eigenvalue weighted by Gasteiger charge is -2.34. The van der Waals surface area contributed by atoms with Gasteiger partial charge in [0.05, 0.1) is 9.92 Å². The maximum atomic E-state index is 13.2. The highest BCUT2D eigenvalue weighted by Crippen LogP contribution is 2.24. The average Bonchev–Trinajstić information content (AvgIpc) is 3.10. The van der Waals surface area contributed by atoms with Crippen molar-refractivity contribution in [1.82, 2.24) is 9.21 Å². The molecule has 1 heterocycles. The van der Waals surface area contributed by atoms with E-state index in [1.54, 1.807) is 4.90 Å². The lowest BCUT2D eigenvalue weighted by molar-refractivity contribution is -0.133. The summed E-state index contributed by atoms with van der Waals surface area (Å²) in [6.07, 6.45) is 6.68. The first-order valence-electron chi connectivity index (χ1n) is 8.27. The van der Waals surface area contributed by atoms with Crippen LogP contribution in [0.3, 0.4) is 0 Å². The molecule has 0 N–H and O–H groups in total. The minimum absolute atomic E-state index is 0.0326. The number of carbonyl (C=O) groups excluding carboxylic acids is 1. The predicted molar refractivity (Wildman–Crippen MR) is 93.2 cm³/mol. The van der Waals surface area contributed by atoms with Crippen molar-refractivity contribution >= 4 is 27.5 Å². The highest BCUT2D eigenvalue weighted by molar-refractivity contribution is 7.89. The Morgan fingerprint density at radius 1 is 1.24 bits per heavy atom. The lowest BCUT2D eigenvalue weighted by atomic mass is 10.0. The summed E-state index contributed by atoms with van der Waals surface area (Å²) in [7, 11) is -3.74. The summed E-state index contributed by atoms with van der Waals surface area (Å²) < 4.78 is 39.8.